The molecular weight excluding hydrogens is 148 g/mol. The molecule has 1 heteroatoms. The summed E-state index contributed by atoms with van der Waals surface area (Å²) < 4.78 is 0. The van der Waals surface area contributed by atoms with Gasteiger partial charge in [-0.25, -0.2) is 0 Å². The normalized spacial score (nSPS) is 32.8. The van der Waals surface area contributed by atoms with E-state index in [9.17, 15) is 4.79 Å². The van der Waals surface area contributed by atoms with Gasteiger partial charge in [0.25, 0.3) is 0 Å². The molecule has 0 aromatic heterocycles. The molecule has 0 amide bonds. The molecule has 1 rings (SSSR count). The first-order valence-corrected chi connectivity index (χ1v) is 4.58. The molecule has 12 heavy (non-hydrogen) atoms. The lowest BCUT2D eigenvalue weighted by Crippen LogP contribution is -2.03. The van der Waals surface area contributed by atoms with Crippen molar-refractivity contribution < 1.29 is 4.79 Å². The van der Waals surface area contributed by atoms with Crippen LogP contribution < -0.4 is 0 Å². The van der Waals surface area contributed by atoms with Crippen LogP contribution in [-0.4, -0.2) is 5.78 Å². The van der Waals surface area contributed by atoms with Gasteiger partial charge in [-0.3, -0.25) is 0 Å². The quantitative estimate of drug-likeness (QED) is 0.589. The zero-order valence-electron chi connectivity index (χ0n) is 8.48. The first-order chi connectivity index (χ1) is 5.44. The fourth-order valence-corrected chi connectivity index (χ4v) is 1.88. The van der Waals surface area contributed by atoms with Crippen LogP contribution in [0.15, 0.2) is 11.6 Å². The molecule has 0 radical (unpaired) electrons. The van der Waals surface area contributed by atoms with Gasteiger partial charge in [-0.1, -0.05) is 18.6 Å². The van der Waals surface area contributed by atoms with Crippen LogP contribution in [0.25, 0.3) is 0 Å². The highest BCUT2D eigenvalue weighted by atomic mass is 16.1. The summed E-state index contributed by atoms with van der Waals surface area (Å²) >= 11 is 0. The lowest BCUT2D eigenvalue weighted by molar-refractivity contribution is -0.118. The second-order valence-electron chi connectivity index (χ2n) is 4.59. The lowest BCUT2D eigenvalue weighted by Gasteiger charge is -2.05. The van der Waals surface area contributed by atoms with Crippen molar-refractivity contribution in [2.45, 2.75) is 40.5 Å². The lowest BCUT2D eigenvalue weighted by atomic mass is 9.99. The Balaban J connectivity index is 2.48. The van der Waals surface area contributed by atoms with Crippen LogP contribution in [0.5, 0.6) is 0 Å². The van der Waals surface area contributed by atoms with E-state index in [2.05, 4.69) is 26.8 Å². The summed E-state index contributed by atoms with van der Waals surface area (Å²) in [5.41, 5.74) is 1.66. The van der Waals surface area contributed by atoms with E-state index < -0.39 is 0 Å². The maximum absolute atomic E-state index is 10.9. The summed E-state index contributed by atoms with van der Waals surface area (Å²) in [5, 5.41) is 0. The average molecular weight is 166 g/mol. The Labute approximate surface area is 74.9 Å². The van der Waals surface area contributed by atoms with Crippen molar-refractivity contribution in [1.82, 2.24) is 0 Å². The van der Waals surface area contributed by atoms with Crippen molar-refractivity contribution in [1.29, 1.82) is 0 Å². The zero-order valence-corrected chi connectivity index (χ0v) is 8.48. The van der Waals surface area contributed by atoms with Crippen LogP contribution >= 0.6 is 0 Å². The molecule has 0 aromatic rings. The van der Waals surface area contributed by atoms with E-state index in [0.717, 1.165) is 6.42 Å². The van der Waals surface area contributed by atoms with Gasteiger partial charge in [0, 0.05) is 6.42 Å². The van der Waals surface area contributed by atoms with E-state index in [1.54, 1.807) is 6.92 Å². The van der Waals surface area contributed by atoms with Gasteiger partial charge in [0.1, 0.15) is 5.78 Å². The highest BCUT2D eigenvalue weighted by Crippen LogP contribution is 2.56. The zero-order chi connectivity index (χ0) is 9.35. The van der Waals surface area contributed by atoms with Gasteiger partial charge in [0.2, 0.25) is 0 Å². The molecule has 0 bridgehead atoms. The Bertz CT molecular complexity index is 223. The summed E-state index contributed by atoms with van der Waals surface area (Å²) in [7, 11) is 0. The second-order valence-corrected chi connectivity index (χ2v) is 4.59. The number of hydrogen-bond acceptors (Lipinski definition) is 1. The fraction of sp³-hybridized carbons (Fsp3) is 0.727. The van der Waals surface area contributed by atoms with E-state index >= 15 is 0 Å². The van der Waals surface area contributed by atoms with E-state index in [-0.39, 0.29) is 0 Å². The third-order valence-electron chi connectivity index (χ3n) is 2.61. The first-order valence-electron chi connectivity index (χ1n) is 4.58. The van der Waals surface area contributed by atoms with E-state index in [4.69, 9.17) is 0 Å². The highest BCUT2D eigenvalue weighted by Gasteiger charge is 2.48. The standard InChI is InChI=1S/C11H18O/c1-8(2)5-10-7-11(10,4)6-9(3)12/h5,10H,6-7H2,1-4H3/t10-,11-/m0/s1. The molecular formula is C11H18O. The van der Waals surface area contributed by atoms with Crippen molar-refractivity contribution in [3.8, 4) is 0 Å². The number of carbonyl (C=O) groups is 1. The Hall–Kier alpha value is -0.590. The third kappa shape index (κ3) is 2.20. The van der Waals surface area contributed by atoms with Gasteiger partial charge in [0.15, 0.2) is 0 Å². The van der Waals surface area contributed by atoms with E-state index in [1.807, 2.05) is 0 Å². The minimum absolute atomic E-state index is 0.295. The monoisotopic (exact) mass is 166 g/mol. The first kappa shape index (κ1) is 9.50. The predicted molar refractivity (Wildman–Crippen MR) is 50.9 cm³/mol. The minimum Gasteiger partial charge on any atom is -0.300 e. The largest absolute Gasteiger partial charge is 0.300 e. The van der Waals surface area contributed by atoms with Gasteiger partial charge in [0.05, 0.1) is 0 Å². The molecule has 1 nitrogen and oxygen atoms in total. The Morgan fingerprint density at radius 3 is 2.50 bits per heavy atom. The van der Waals surface area contributed by atoms with Crippen LogP contribution in [0.3, 0.4) is 0 Å². The number of allylic oxidation sites excluding steroid dienone is 2. The van der Waals surface area contributed by atoms with Gasteiger partial charge in [-0.15, -0.1) is 0 Å². The number of rotatable bonds is 3. The predicted octanol–water partition coefficient (Wildman–Crippen LogP) is 2.96. The van der Waals surface area contributed by atoms with Gasteiger partial charge in [-0.2, -0.15) is 0 Å². The highest BCUT2D eigenvalue weighted by molar-refractivity contribution is 5.76. The maximum Gasteiger partial charge on any atom is 0.130 e. The van der Waals surface area contributed by atoms with Crippen molar-refractivity contribution in [2.24, 2.45) is 11.3 Å². The molecule has 68 valence electrons. The summed E-state index contributed by atoms with van der Waals surface area (Å²) in [6.07, 6.45) is 4.24. The molecule has 0 saturated heterocycles. The molecule has 0 spiro atoms. The average Bonchev–Trinajstić information content (AvgIpc) is 2.36. The summed E-state index contributed by atoms with van der Waals surface area (Å²) in [6.45, 7) is 8.13. The van der Waals surface area contributed by atoms with Gasteiger partial charge < -0.3 is 4.79 Å². The van der Waals surface area contributed by atoms with Crippen molar-refractivity contribution >= 4 is 5.78 Å². The number of hydrogen-bond donors (Lipinski definition) is 0. The molecule has 1 saturated carbocycles. The molecule has 1 aliphatic carbocycles. The summed E-state index contributed by atoms with van der Waals surface area (Å²) in [6, 6.07) is 0. The number of Topliss-reactive ketones (excluding diaryl/α,β-unsaturated/α-hetero) is 1. The fourth-order valence-electron chi connectivity index (χ4n) is 1.88. The molecule has 2 atom stereocenters. The molecule has 0 aromatic carbocycles. The number of carbonyl (C=O) groups excluding carboxylic acids is 1. The molecule has 1 fully saturated rings. The number of ketones is 1. The van der Waals surface area contributed by atoms with E-state index in [0.29, 0.717) is 17.1 Å². The van der Waals surface area contributed by atoms with Crippen molar-refractivity contribution in [2.75, 3.05) is 0 Å². The molecule has 0 heterocycles. The summed E-state index contributed by atoms with van der Waals surface area (Å²) in [4.78, 5) is 10.9. The van der Waals surface area contributed by atoms with Crippen LogP contribution in [0.2, 0.25) is 0 Å². The molecule has 0 unspecified atom stereocenters. The van der Waals surface area contributed by atoms with Crippen LogP contribution in [0, 0.1) is 11.3 Å². The van der Waals surface area contributed by atoms with Gasteiger partial charge in [-0.05, 0) is 38.5 Å². The van der Waals surface area contributed by atoms with Crippen molar-refractivity contribution in [3.63, 3.8) is 0 Å². The smallest absolute Gasteiger partial charge is 0.130 e. The Morgan fingerprint density at radius 1 is 1.50 bits per heavy atom. The van der Waals surface area contributed by atoms with E-state index in [1.165, 1.54) is 12.0 Å². The maximum atomic E-state index is 10.9. The topological polar surface area (TPSA) is 17.1 Å². The SMILES string of the molecule is CC(=O)C[C@@]1(C)C[C@@H]1C=C(C)C. The Kier molecular flexibility index (Phi) is 2.41. The molecule has 0 N–H and O–H groups in total. The van der Waals surface area contributed by atoms with Crippen LogP contribution in [0.1, 0.15) is 40.5 Å². The minimum atomic E-state index is 0.295. The second kappa shape index (κ2) is 3.04. The molecule has 0 aliphatic heterocycles. The van der Waals surface area contributed by atoms with Crippen LogP contribution in [0.4, 0.5) is 0 Å². The van der Waals surface area contributed by atoms with Gasteiger partial charge >= 0.3 is 0 Å². The third-order valence-corrected chi connectivity index (χ3v) is 2.61. The molecule has 1 aliphatic rings. The summed E-state index contributed by atoms with van der Waals surface area (Å²) in [5.74, 6) is 0.980. The Morgan fingerprint density at radius 2 is 2.08 bits per heavy atom. The van der Waals surface area contributed by atoms with Crippen molar-refractivity contribution in [3.05, 3.63) is 11.6 Å². The van der Waals surface area contributed by atoms with Crippen LogP contribution in [-0.2, 0) is 4.79 Å².